The highest BCUT2D eigenvalue weighted by Gasteiger charge is 2.36. The highest BCUT2D eigenvalue weighted by atomic mass is 35.5. The molecule has 3 N–H and O–H groups in total. The maximum atomic E-state index is 12.2. The first-order valence-corrected chi connectivity index (χ1v) is 18.7. The number of halogens is 1. The first-order valence-electron chi connectivity index (χ1n) is 18.3. The summed E-state index contributed by atoms with van der Waals surface area (Å²) in [5.74, 6) is 2.27. The van der Waals surface area contributed by atoms with Crippen molar-refractivity contribution in [1.29, 1.82) is 0 Å². The molecule has 14 heteroatoms. The van der Waals surface area contributed by atoms with Crippen LogP contribution in [0.2, 0.25) is 5.02 Å². The lowest BCUT2D eigenvalue weighted by Crippen LogP contribution is -2.60. The van der Waals surface area contributed by atoms with E-state index in [1.807, 2.05) is 38.1 Å². The predicted molar refractivity (Wildman–Crippen MR) is 207 cm³/mol. The van der Waals surface area contributed by atoms with E-state index in [1.165, 1.54) is 11.4 Å². The van der Waals surface area contributed by atoms with Crippen LogP contribution in [0, 0.1) is 19.8 Å². The number of carbonyl (C=O) groups is 2. The van der Waals surface area contributed by atoms with Crippen LogP contribution in [0.1, 0.15) is 44.5 Å². The van der Waals surface area contributed by atoms with Crippen molar-refractivity contribution in [3.8, 4) is 22.9 Å². The molecule has 8 rings (SSSR count). The molecular formula is C39H45ClN10O3. The number of nitrogens with one attached hydrogen (secondary N) is 3. The van der Waals surface area contributed by atoms with Gasteiger partial charge in [-0.1, -0.05) is 11.6 Å². The van der Waals surface area contributed by atoms with Crippen molar-refractivity contribution < 1.29 is 14.3 Å². The van der Waals surface area contributed by atoms with Crippen LogP contribution in [0.5, 0.6) is 11.5 Å². The van der Waals surface area contributed by atoms with E-state index in [2.05, 4.69) is 78.3 Å². The molecular weight excluding hydrogens is 692 g/mol. The number of fused-ring (bicyclic) bond motifs is 1. The van der Waals surface area contributed by atoms with E-state index in [4.69, 9.17) is 21.3 Å². The molecule has 3 aromatic heterocycles. The van der Waals surface area contributed by atoms with Gasteiger partial charge in [0.05, 0.1) is 17.5 Å². The van der Waals surface area contributed by atoms with Gasteiger partial charge in [-0.3, -0.25) is 25.0 Å². The monoisotopic (exact) mass is 736 g/mol. The Morgan fingerprint density at radius 1 is 0.906 bits per heavy atom. The second-order valence-electron chi connectivity index (χ2n) is 15.0. The van der Waals surface area contributed by atoms with Crippen molar-refractivity contribution in [2.45, 2.75) is 52.5 Å². The summed E-state index contributed by atoms with van der Waals surface area (Å²) in [4.78, 5) is 45.4. The number of imide groups is 1. The minimum absolute atomic E-state index is 0.0198. The van der Waals surface area contributed by atoms with Crippen LogP contribution in [0.3, 0.4) is 0 Å². The number of aromatic nitrogens is 5. The number of anilines is 3. The third-order valence-corrected chi connectivity index (χ3v) is 11.2. The quantitative estimate of drug-likeness (QED) is 0.159. The van der Waals surface area contributed by atoms with Gasteiger partial charge in [0.15, 0.2) is 11.4 Å². The lowest BCUT2D eigenvalue weighted by molar-refractivity contribution is -0.120. The number of urea groups is 1. The Labute approximate surface area is 313 Å². The molecule has 3 fully saturated rings. The maximum Gasteiger partial charge on any atom is 0.328 e. The van der Waals surface area contributed by atoms with Gasteiger partial charge >= 0.3 is 6.03 Å². The van der Waals surface area contributed by atoms with Crippen LogP contribution in [-0.2, 0) is 4.79 Å². The topological polar surface area (TPSA) is 139 Å². The normalized spacial score (nSPS) is 18.5. The second-order valence-corrected chi connectivity index (χ2v) is 15.4. The molecule has 3 saturated heterocycles. The van der Waals surface area contributed by atoms with Gasteiger partial charge in [0.2, 0.25) is 5.91 Å². The Hall–Kier alpha value is -5.14. The molecule has 0 saturated carbocycles. The first kappa shape index (κ1) is 34.9. The van der Waals surface area contributed by atoms with E-state index in [1.54, 1.807) is 11.1 Å². The van der Waals surface area contributed by atoms with Gasteiger partial charge in [-0.15, -0.1) is 0 Å². The molecule has 0 spiro atoms. The van der Waals surface area contributed by atoms with Crippen LogP contribution >= 0.6 is 11.6 Å². The Kier molecular flexibility index (Phi) is 9.23. The van der Waals surface area contributed by atoms with Gasteiger partial charge in [-0.2, -0.15) is 5.10 Å². The summed E-state index contributed by atoms with van der Waals surface area (Å²) in [6.45, 7) is 15.0. The summed E-state index contributed by atoms with van der Waals surface area (Å²) >= 11 is 6.60. The average molecular weight is 737 g/mol. The second kappa shape index (κ2) is 14.0. The summed E-state index contributed by atoms with van der Waals surface area (Å²) in [7, 11) is 0. The Balaban J connectivity index is 0.855. The lowest BCUT2D eigenvalue weighted by Gasteiger charge is -2.49. The van der Waals surface area contributed by atoms with Gasteiger partial charge in [0.1, 0.15) is 22.1 Å². The molecule has 53 heavy (non-hydrogen) atoms. The fourth-order valence-electron chi connectivity index (χ4n) is 7.96. The highest BCUT2D eigenvalue weighted by Crippen LogP contribution is 2.38. The van der Waals surface area contributed by atoms with Gasteiger partial charge in [0.25, 0.3) is 0 Å². The Morgan fingerprint density at radius 3 is 2.28 bits per heavy atom. The molecule has 3 aliphatic heterocycles. The smallest absolute Gasteiger partial charge is 0.328 e. The average Bonchev–Trinajstić information content (AvgIpc) is 3.72. The zero-order valence-electron chi connectivity index (χ0n) is 30.6. The number of hydrogen-bond donors (Lipinski definition) is 3. The van der Waals surface area contributed by atoms with Crippen LogP contribution < -0.4 is 24.8 Å². The zero-order chi connectivity index (χ0) is 36.9. The SMILES string of the molecule is Cc1n[nH]c(C)c1-c1nc2ncc(Cl)c(Oc3ccc(N4CCN(CC5CCN(c6ccc(N7CCC(=O)NC7=O)cc6)CC5)C(C)(C)C4)cc3)c2[nH]1. The number of rotatable bonds is 8. The predicted octanol–water partition coefficient (Wildman–Crippen LogP) is 6.67. The lowest BCUT2D eigenvalue weighted by atomic mass is 9.91. The molecule has 6 heterocycles. The number of piperazine rings is 1. The van der Waals surface area contributed by atoms with Crippen molar-refractivity contribution in [3.63, 3.8) is 0 Å². The summed E-state index contributed by atoms with van der Waals surface area (Å²) in [5, 5.41) is 10.1. The number of amides is 3. The third-order valence-electron chi connectivity index (χ3n) is 11.0. The molecule has 13 nitrogen and oxygen atoms in total. The van der Waals surface area contributed by atoms with Gasteiger partial charge in [-0.05, 0) is 95.0 Å². The number of imidazole rings is 1. The van der Waals surface area contributed by atoms with Crippen molar-refractivity contribution in [2.75, 3.05) is 60.5 Å². The Morgan fingerprint density at radius 2 is 1.60 bits per heavy atom. The number of benzene rings is 2. The number of ether oxygens (including phenoxy) is 1. The van der Waals surface area contributed by atoms with Crippen molar-refractivity contribution in [1.82, 2.24) is 35.4 Å². The fourth-order valence-corrected chi connectivity index (χ4v) is 8.14. The number of piperidine rings is 1. The third kappa shape index (κ3) is 7.03. The minimum atomic E-state index is -0.350. The van der Waals surface area contributed by atoms with Crippen molar-refractivity contribution in [2.24, 2.45) is 5.92 Å². The maximum absolute atomic E-state index is 12.2. The number of aromatic amines is 2. The van der Waals surface area contributed by atoms with Crippen LogP contribution in [-0.4, -0.2) is 93.3 Å². The van der Waals surface area contributed by atoms with E-state index >= 15 is 0 Å². The van der Waals surface area contributed by atoms with Crippen LogP contribution in [0.25, 0.3) is 22.6 Å². The van der Waals surface area contributed by atoms with Crippen LogP contribution in [0.15, 0.2) is 54.7 Å². The molecule has 3 aliphatic rings. The summed E-state index contributed by atoms with van der Waals surface area (Å²) in [6.07, 6.45) is 4.19. The van der Waals surface area contributed by atoms with Gasteiger partial charge < -0.3 is 19.5 Å². The molecule has 5 aromatic rings. The number of aryl methyl sites for hydroxylation is 2. The van der Waals surface area contributed by atoms with E-state index < -0.39 is 0 Å². The number of H-pyrrole nitrogens is 2. The number of pyridine rings is 1. The molecule has 0 atom stereocenters. The minimum Gasteiger partial charge on any atom is -0.453 e. The van der Waals surface area contributed by atoms with E-state index in [0.29, 0.717) is 52.4 Å². The summed E-state index contributed by atoms with van der Waals surface area (Å²) in [6, 6.07) is 16.0. The van der Waals surface area contributed by atoms with E-state index in [0.717, 1.165) is 74.7 Å². The van der Waals surface area contributed by atoms with Gasteiger partial charge in [0, 0.05) is 80.5 Å². The van der Waals surface area contributed by atoms with Gasteiger partial charge in [-0.25, -0.2) is 14.8 Å². The van der Waals surface area contributed by atoms with Crippen molar-refractivity contribution >= 4 is 51.8 Å². The van der Waals surface area contributed by atoms with Crippen molar-refractivity contribution in [3.05, 3.63) is 71.1 Å². The Bertz CT molecular complexity index is 2120. The molecule has 0 radical (unpaired) electrons. The largest absolute Gasteiger partial charge is 0.453 e. The highest BCUT2D eigenvalue weighted by molar-refractivity contribution is 6.32. The molecule has 276 valence electrons. The molecule has 3 amide bonds. The van der Waals surface area contributed by atoms with E-state index in [-0.39, 0.29) is 17.5 Å². The molecule has 0 unspecified atom stereocenters. The van der Waals surface area contributed by atoms with Crippen LogP contribution in [0.4, 0.5) is 21.9 Å². The number of carbonyl (C=O) groups excluding carboxylic acids is 2. The molecule has 0 bridgehead atoms. The molecule has 2 aromatic carbocycles. The first-order chi connectivity index (χ1) is 25.5. The summed E-state index contributed by atoms with van der Waals surface area (Å²) < 4.78 is 6.35. The number of hydrogen-bond acceptors (Lipinski definition) is 9. The summed E-state index contributed by atoms with van der Waals surface area (Å²) in [5.41, 5.74) is 7.02. The zero-order valence-corrected chi connectivity index (χ0v) is 31.3. The molecule has 0 aliphatic carbocycles. The van der Waals surface area contributed by atoms with E-state index in [9.17, 15) is 9.59 Å². The standard InChI is InChI=1S/C39H45ClN10O3/c1-24-33(25(2)46-45-24)36-43-34-35(31(40)21-41-37(34)44-36)53-30-11-9-28(10-12-30)48-19-20-49(39(3,4)23-48)22-26-13-16-47(17-14-26)27-5-7-29(8-6-27)50-18-15-32(51)42-38(50)52/h5-12,21,26H,13-20,22-23H2,1-4H3,(H,45,46)(H,41,43,44)(H,42,51,52). The fraction of sp³-hybridized carbons (Fsp3) is 0.410. The number of nitrogens with zero attached hydrogens (tertiary/aromatic N) is 7.